The molecule has 1 aliphatic heterocycles. The van der Waals surface area contributed by atoms with E-state index in [4.69, 9.17) is 4.74 Å². The van der Waals surface area contributed by atoms with Crippen LogP contribution >= 0.6 is 11.3 Å². The number of aromatic nitrogens is 1. The summed E-state index contributed by atoms with van der Waals surface area (Å²) < 4.78 is 35.1. The minimum atomic E-state index is -3.51. The fourth-order valence-electron chi connectivity index (χ4n) is 2.78. The molecule has 1 aromatic heterocycles. The average molecular weight is 355 g/mol. The van der Waals surface area contributed by atoms with Crippen LogP contribution in [0.25, 0.3) is 10.2 Å². The van der Waals surface area contributed by atoms with Crippen LogP contribution in [0.3, 0.4) is 0 Å². The minimum Gasteiger partial charge on any atom is -0.373 e. The molecule has 0 amide bonds. The van der Waals surface area contributed by atoms with Crippen molar-refractivity contribution in [1.82, 2.24) is 13.6 Å². The average Bonchev–Trinajstić information content (AvgIpc) is 2.88. The maximum atomic E-state index is 12.8. The van der Waals surface area contributed by atoms with Gasteiger partial charge in [-0.3, -0.25) is 0 Å². The Morgan fingerprint density at radius 1 is 1.30 bits per heavy atom. The Bertz CT molecular complexity index is 747. The lowest BCUT2D eigenvalue weighted by molar-refractivity contribution is -0.0453. The van der Waals surface area contributed by atoms with Crippen LogP contribution in [0, 0.1) is 0 Å². The van der Waals surface area contributed by atoms with Crippen molar-refractivity contribution in [2.24, 2.45) is 0 Å². The highest BCUT2D eigenvalue weighted by molar-refractivity contribution is 7.86. The van der Waals surface area contributed by atoms with Crippen molar-refractivity contribution in [3.63, 3.8) is 0 Å². The van der Waals surface area contributed by atoms with Crippen LogP contribution in [0.4, 0.5) is 0 Å². The van der Waals surface area contributed by atoms with Gasteiger partial charge in [-0.15, -0.1) is 11.3 Å². The van der Waals surface area contributed by atoms with Crippen molar-refractivity contribution >= 4 is 31.8 Å². The number of rotatable bonds is 4. The molecule has 1 saturated heterocycles. The first-order valence-corrected chi connectivity index (χ1v) is 9.79. The quantitative estimate of drug-likeness (QED) is 0.842. The Morgan fingerprint density at radius 2 is 1.96 bits per heavy atom. The number of para-hydroxylation sites is 1. The van der Waals surface area contributed by atoms with Crippen LogP contribution in [-0.2, 0) is 21.5 Å². The third-order valence-corrected chi connectivity index (χ3v) is 6.69. The van der Waals surface area contributed by atoms with Crippen LogP contribution in [0.2, 0.25) is 0 Å². The number of thiazole rings is 1. The van der Waals surface area contributed by atoms with Crippen molar-refractivity contribution < 1.29 is 13.2 Å². The lowest BCUT2D eigenvalue weighted by Crippen LogP contribution is -2.52. The number of nitrogens with zero attached hydrogens (tertiary/aromatic N) is 3. The molecule has 2 atom stereocenters. The summed E-state index contributed by atoms with van der Waals surface area (Å²) in [6.45, 7) is 4.84. The molecule has 0 spiro atoms. The van der Waals surface area contributed by atoms with Gasteiger partial charge in [0.2, 0.25) is 0 Å². The zero-order chi connectivity index (χ0) is 16.6. The molecule has 0 saturated carbocycles. The second-order valence-corrected chi connectivity index (χ2v) is 9.06. The highest BCUT2D eigenvalue weighted by Gasteiger charge is 2.34. The molecule has 6 nitrogen and oxygen atoms in total. The molecule has 0 unspecified atom stereocenters. The number of morpholine rings is 1. The lowest BCUT2D eigenvalue weighted by Gasteiger charge is -2.36. The van der Waals surface area contributed by atoms with E-state index >= 15 is 0 Å². The van der Waals surface area contributed by atoms with E-state index in [1.807, 2.05) is 38.1 Å². The summed E-state index contributed by atoms with van der Waals surface area (Å²) in [6.07, 6.45) is -0.186. The zero-order valence-electron chi connectivity index (χ0n) is 13.5. The van der Waals surface area contributed by atoms with Gasteiger partial charge >= 0.3 is 0 Å². The molecular formula is C15H21N3O3S2. The van der Waals surface area contributed by atoms with E-state index < -0.39 is 10.2 Å². The highest BCUT2D eigenvalue weighted by atomic mass is 32.2. The van der Waals surface area contributed by atoms with Crippen molar-refractivity contribution in [2.45, 2.75) is 32.6 Å². The summed E-state index contributed by atoms with van der Waals surface area (Å²) >= 11 is 1.53. The van der Waals surface area contributed by atoms with Gasteiger partial charge in [0, 0.05) is 20.1 Å². The summed E-state index contributed by atoms with van der Waals surface area (Å²) in [5.41, 5.74) is 0.909. The molecule has 0 radical (unpaired) electrons. The monoisotopic (exact) mass is 355 g/mol. The Morgan fingerprint density at radius 3 is 2.61 bits per heavy atom. The third kappa shape index (κ3) is 3.56. The van der Waals surface area contributed by atoms with Gasteiger partial charge in [-0.1, -0.05) is 12.1 Å². The number of fused-ring (bicyclic) bond motifs is 1. The molecule has 0 N–H and O–H groups in total. The van der Waals surface area contributed by atoms with Gasteiger partial charge in [0.15, 0.2) is 0 Å². The third-order valence-electron chi connectivity index (χ3n) is 3.80. The molecule has 3 rings (SSSR count). The maximum Gasteiger partial charge on any atom is 0.282 e. The first-order chi connectivity index (χ1) is 10.9. The fraction of sp³-hybridized carbons (Fsp3) is 0.533. The summed E-state index contributed by atoms with van der Waals surface area (Å²) in [5, 5.41) is 0.798. The Balaban J connectivity index is 1.77. The van der Waals surface area contributed by atoms with E-state index in [-0.39, 0.29) is 18.8 Å². The molecule has 1 fully saturated rings. The first-order valence-electron chi connectivity index (χ1n) is 7.57. The van der Waals surface area contributed by atoms with E-state index in [0.29, 0.717) is 13.1 Å². The smallest absolute Gasteiger partial charge is 0.282 e. The summed E-state index contributed by atoms with van der Waals surface area (Å²) in [4.78, 5) is 4.51. The topological polar surface area (TPSA) is 62.7 Å². The van der Waals surface area contributed by atoms with Crippen LogP contribution in [0.15, 0.2) is 24.3 Å². The van der Waals surface area contributed by atoms with Gasteiger partial charge in [-0.25, -0.2) is 4.98 Å². The van der Waals surface area contributed by atoms with Gasteiger partial charge in [0.05, 0.1) is 29.0 Å². The van der Waals surface area contributed by atoms with E-state index in [1.54, 1.807) is 7.05 Å². The fourth-order valence-corrected chi connectivity index (χ4v) is 5.35. The zero-order valence-corrected chi connectivity index (χ0v) is 15.1. The number of hydrogen-bond acceptors (Lipinski definition) is 5. The van der Waals surface area contributed by atoms with Crippen LogP contribution in [0.1, 0.15) is 18.9 Å². The van der Waals surface area contributed by atoms with Gasteiger partial charge < -0.3 is 4.74 Å². The Hall–Kier alpha value is -1.06. The van der Waals surface area contributed by atoms with Crippen LogP contribution in [0.5, 0.6) is 0 Å². The second-order valence-electron chi connectivity index (χ2n) is 5.91. The molecule has 1 aromatic carbocycles. The van der Waals surface area contributed by atoms with Gasteiger partial charge in [0.1, 0.15) is 5.01 Å². The molecule has 0 aliphatic carbocycles. The number of benzene rings is 1. The molecular weight excluding hydrogens is 334 g/mol. The molecule has 2 heterocycles. The standard InChI is InChI=1S/C15H21N3O3S2/c1-11-8-18(9-12(2)21-11)23(19,20)17(3)10-15-16-13-6-4-5-7-14(13)22-15/h4-7,11-12H,8-10H2,1-3H3/t11-,12-/m1/s1. The predicted molar refractivity (Wildman–Crippen MR) is 91.6 cm³/mol. The number of ether oxygens (including phenoxy) is 1. The van der Waals surface area contributed by atoms with Gasteiger partial charge in [0.25, 0.3) is 10.2 Å². The molecule has 1 aliphatic rings. The van der Waals surface area contributed by atoms with Gasteiger partial charge in [-0.2, -0.15) is 17.0 Å². The molecule has 2 aromatic rings. The molecule has 23 heavy (non-hydrogen) atoms. The Labute approximate surface area is 140 Å². The van der Waals surface area contributed by atoms with Crippen molar-refractivity contribution in [3.05, 3.63) is 29.3 Å². The molecule has 0 bridgehead atoms. The van der Waals surface area contributed by atoms with E-state index in [9.17, 15) is 8.42 Å². The summed E-state index contributed by atoms with van der Waals surface area (Å²) in [5.74, 6) is 0. The van der Waals surface area contributed by atoms with Crippen LogP contribution in [-0.4, -0.2) is 54.4 Å². The summed E-state index contributed by atoms with van der Waals surface area (Å²) in [6, 6.07) is 7.83. The first kappa shape index (κ1) is 16.8. The van der Waals surface area contributed by atoms with E-state index in [0.717, 1.165) is 15.2 Å². The van der Waals surface area contributed by atoms with Crippen molar-refractivity contribution in [1.29, 1.82) is 0 Å². The number of hydrogen-bond donors (Lipinski definition) is 0. The van der Waals surface area contributed by atoms with Gasteiger partial charge in [-0.05, 0) is 26.0 Å². The minimum absolute atomic E-state index is 0.0932. The molecule has 126 valence electrons. The second kappa shape index (κ2) is 6.45. The predicted octanol–water partition coefficient (Wildman–Crippen LogP) is 2.08. The maximum absolute atomic E-state index is 12.8. The normalized spacial score (nSPS) is 23.7. The van der Waals surface area contributed by atoms with E-state index in [1.165, 1.54) is 19.9 Å². The van der Waals surface area contributed by atoms with E-state index in [2.05, 4.69) is 4.98 Å². The van der Waals surface area contributed by atoms with Crippen molar-refractivity contribution in [2.75, 3.05) is 20.1 Å². The Kier molecular flexibility index (Phi) is 4.70. The molecule has 8 heteroatoms. The SMILES string of the molecule is C[C@@H]1CN(S(=O)(=O)N(C)Cc2nc3ccccc3s2)C[C@@H](C)O1. The highest BCUT2D eigenvalue weighted by Crippen LogP contribution is 2.24. The van der Waals surface area contributed by atoms with Crippen LogP contribution < -0.4 is 0 Å². The lowest BCUT2D eigenvalue weighted by atomic mass is 10.3. The summed E-state index contributed by atoms with van der Waals surface area (Å²) in [7, 11) is -1.91. The largest absolute Gasteiger partial charge is 0.373 e. The van der Waals surface area contributed by atoms with Crippen molar-refractivity contribution in [3.8, 4) is 0 Å².